The van der Waals surface area contributed by atoms with Gasteiger partial charge >= 0.3 is 0 Å². The van der Waals surface area contributed by atoms with Crippen LogP contribution in [-0.2, 0) is 22.1 Å². The molecule has 1 aliphatic carbocycles. The fourth-order valence-electron chi connectivity index (χ4n) is 2.80. The van der Waals surface area contributed by atoms with Crippen LogP contribution < -0.4 is 5.73 Å². The van der Waals surface area contributed by atoms with E-state index in [0.29, 0.717) is 5.82 Å². The summed E-state index contributed by atoms with van der Waals surface area (Å²) in [6.07, 6.45) is 3.74. The second kappa shape index (κ2) is 6.03. The van der Waals surface area contributed by atoms with E-state index in [1.807, 2.05) is 0 Å². The summed E-state index contributed by atoms with van der Waals surface area (Å²) < 4.78 is 31.3. The molecule has 1 aliphatic rings. The Bertz CT molecular complexity index is 767. The minimum atomic E-state index is -3.59. The van der Waals surface area contributed by atoms with Crippen molar-refractivity contribution in [3.63, 3.8) is 0 Å². The summed E-state index contributed by atoms with van der Waals surface area (Å²) in [6.45, 7) is 0.0142. The van der Waals surface area contributed by atoms with Gasteiger partial charge in [0.2, 0.25) is 15.9 Å². The van der Waals surface area contributed by atoms with Crippen molar-refractivity contribution in [1.29, 1.82) is 0 Å². The van der Waals surface area contributed by atoms with Gasteiger partial charge in [-0.05, 0) is 25.0 Å². The highest BCUT2D eigenvalue weighted by atomic mass is 32.2. The third-order valence-electron chi connectivity index (χ3n) is 4.22. The zero-order valence-corrected chi connectivity index (χ0v) is 13.8. The van der Waals surface area contributed by atoms with E-state index < -0.39 is 15.6 Å². The monoisotopic (exact) mass is 336 g/mol. The van der Waals surface area contributed by atoms with Gasteiger partial charge in [0.1, 0.15) is 0 Å². The van der Waals surface area contributed by atoms with Crippen molar-refractivity contribution in [1.82, 2.24) is 14.4 Å². The van der Waals surface area contributed by atoms with Crippen LogP contribution in [0.4, 0.5) is 0 Å². The highest BCUT2D eigenvalue weighted by Crippen LogP contribution is 2.34. The molecule has 8 heteroatoms. The number of sulfonamides is 1. The Morgan fingerprint density at radius 3 is 2.57 bits per heavy atom. The van der Waals surface area contributed by atoms with E-state index >= 15 is 0 Å². The van der Waals surface area contributed by atoms with Crippen LogP contribution in [0.2, 0.25) is 0 Å². The normalized spacial score (nSPS) is 17.7. The van der Waals surface area contributed by atoms with E-state index in [2.05, 4.69) is 10.1 Å². The number of rotatable bonds is 5. The molecular formula is C15H20N4O3S. The van der Waals surface area contributed by atoms with Crippen molar-refractivity contribution in [2.75, 3.05) is 7.05 Å². The van der Waals surface area contributed by atoms with Gasteiger partial charge in [0.25, 0.3) is 0 Å². The molecule has 0 unspecified atom stereocenters. The summed E-state index contributed by atoms with van der Waals surface area (Å²) in [5, 5.41) is 3.95. The zero-order valence-electron chi connectivity index (χ0n) is 13.0. The smallest absolute Gasteiger partial charge is 0.243 e. The van der Waals surface area contributed by atoms with Crippen LogP contribution in [0.5, 0.6) is 0 Å². The predicted molar refractivity (Wildman–Crippen MR) is 83.7 cm³/mol. The molecule has 23 heavy (non-hydrogen) atoms. The molecule has 1 heterocycles. The Hall–Kier alpha value is -1.77. The predicted octanol–water partition coefficient (Wildman–Crippen LogP) is 1.62. The number of aromatic nitrogens is 2. The average molecular weight is 336 g/mol. The first kappa shape index (κ1) is 16.1. The minimum absolute atomic E-state index is 0.0142. The first-order chi connectivity index (χ1) is 10.9. The number of hydrogen-bond acceptors (Lipinski definition) is 6. The maximum Gasteiger partial charge on any atom is 0.243 e. The fraction of sp³-hybridized carbons (Fsp3) is 0.467. The summed E-state index contributed by atoms with van der Waals surface area (Å²) in [7, 11) is -2.10. The third-order valence-corrected chi connectivity index (χ3v) is 6.04. The molecule has 0 bridgehead atoms. The molecule has 0 atom stereocenters. The van der Waals surface area contributed by atoms with E-state index in [4.69, 9.17) is 10.3 Å². The van der Waals surface area contributed by atoms with Crippen LogP contribution in [0.25, 0.3) is 0 Å². The Kier molecular flexibility index (Phi) is 4.22. The van der Waals surface area contributed by atoms with Crippen molar-refractivity contribution in [3.8, 4) is 0 Å². The molecule has 1 aromatic heterocycles. The van der Waals surface area contributed by atoms with Gasteiger partial charge in [-0.3, -0.25) is 0 Å². The van der Waals surface area contributed by atoms with Crippen LogP contribution in [-0.4, -0.2) is 29.9 Å². The molecule has 0 amide bonds. The molecule has 1 fully saturated rings. The Labute approximate surface area is 135 Å². The summed E-state index contributed by atoms with van der Waals surface area (Å²) in [4.78, 5) is 4.53. The van der Waals surface area contributed by atoms with Crippen molar-refractivity contribution in [3.05, 3.63) is 42.0 Å². The fourth-order valence-corrected chi connectivity index (χ4v) is 3.94. The molecular weight excluding hydrogens is 316 g/mol. The molecule has 2 aromatic rings. The van der Waals surface area contributed by atoms with Crippen LogP contribution in [0.15, 0.2) is 39.8 Å². The first-order valence-electron chi connectivity index (χ1n) is 7.55. The summed E-state index contributed by atoms with van der Waals surface area (Å²) >= 11 is 0. The largest absolute Gasteiger partial charge is 0.338 e. The molecule has 7 nitrogen and oxygen atoms in total. The molecule has 124 valence electrons. The second-order valence-corrected chi connectivity index (χ2v) is 7.99. The maximum atomic E-state index is 12.5. The van der Waals surface area contributed by atoms with Crippen molar-refractivity contribution in [2.24, 2.45) is 5.73 Å². The van der Waals surface area contributed by atoms with E-state index in [9.17, 15) is 8.42 Å². The molecule has 1 aromatic carbocycles. The lowest BCUT2D eigenvalue weighted by Crippen LogP contribution is -2.34. The Morgan fingerprint density at radius 1 is 1.26 bits per heavy atom. The first-order valence-corrected chi connectivity index (χ1v) is 8.99. The Balaban J connectivity index is 1.76. The topological polar surface area (TPSA) is 102 Å². The second-order valence-electron chi connectivity index (χ2n) is 5.95. The van der Waals surface area contributed by atoms with Crippen molar-refractivity contribution in [2.45, 2.75) is 42.7 Å². The van der Waals surface area contributed by atoms with Gasteiger partial charge in [0.15, 0.2) is 5.82 Å². The molecule has 0 spiro atoms. The molecule has 3 rings (SSSR count). The average Bonchev–Trinajstić information content (AvgIpc) is 3.18. The molecule has 1 saturated carbocycles. The van der Waals surface area contributed by atoms with Gasteiger partial charge in [0, 0.05) is 7.05 Å². The summed E-state index contributed by atoms with van der Waals surface area (Å²) in [5.74, 6) is 0.717. The quantitative estimate of drug-likeness (QED) is 0.890. The Morgan fingerprint density at radius 2 is 1.91 bits per heavy atom. The van der Waals surface area contributed by atoms with Gasteiger partial charge in [-0.25, -0.2) is 8.42 Å². The number of nitrogens with two attached hydrogens (primary N) is 1. The minimum Gasteiger partial charge on any atom is -0.338 e. The molecule has 0 radical (unpaired) electrons. The van der Waals surface area contributed by atoms with Crippen LogP contribution in [0, 0.1) is 0 Å². The number of benzene rings is 1. The number of nitrogens with zero attached hydrogens (tertiary/aromatic N) is 3. The van der Waals surface area contributed by atoms with Gasteiger partial charge in [-0.2, -0.15) is 9.29 Å². The van der Waals surface area contributed by atoms with Gasteiger partial charge < -0.3 is 10.3 Å². The van der Waals surface area contributed by atoms with E-state index in [-0.39, 0.29) is 17.3 Å². The molecule has 0 saturated heterocycles. The van der Waals surface area contributed by atoms with E-state index in [1.165, 1.54) is 11.4 Å². The lowest BCUT2D eigenvalue weighted by atomic mass is 9.99. The van der Waals surface area contributed by atoms with Crippen LogP contribution >= 0.6 is 0 Å². The van der Waals surface area contributed by atoms with Crippen LogP contribution in [0.1, 0.15) is 37.4 Å². The van der Waals surface area contributed by atoms with Crippen LogP contribution in [0.3, 0.4) is 0 Å². The highest BCUT2D eigenvalue weighted by Gasteiger charge is 2.36. The van der Waals surface area contributed by atoms with Crippen molar-refractivity contribution >= 4 is 10.0 Å². The molecule has 0 aliphatic heterocycles. The van der Waals surface area contributed by atoms with Crippen molar-refractivity contribution < 1.29 is 12.9 Å². The van der Waals surface area contributed by atoms with E-state index in [1.54, 1.807) is 30.3 Å². The summed E-state index contributed by atoms with van der Waals surface area (Å²) in [5.41, 5.74) is 5.74. The standard InChI is InChI=1S/C15H20N4O3S/c1-19(23(20,21)12-7-3-2-4-8-12)11-13-17-14(18-22-13)15(16)9-5-6-10-15/h2-4,7-8H,5-6,9-11,16H2,1H3. The van der Waals surface area contributed by atoms with Gasteiger partial charge in [0.05, 0.1) is 17.0 Å². The van der Waals surface area contributed by atoms with E-state index in [0.717, 1.165) is 25.7 Å². The maximum absolute atomic E-state index is 12.5. The van der Waals surface area contributed by atoms with Gasteiger partial charge in [-0.15, -0.1) is 0 Å². The molecule has 2 N–H and O–H groups in total. The SMILES string of the molecule is CN(Cc1nc(C2(N)CCCC2)no1)S(=O)(=O)c1ccccc1. The summed E-state index contributed by atoms with van der Waals surface area (Å²) in [6, 6.07) is 8.25. The third kappa shape index (κ3) is 3.15. The lowest BCUT2D eigenvalue weighted by Gasteiger charge is -2.18. The zero-order chi connectivity index (χ0) is 16.5. The lowest BCUT2D eigenvalue weighted by molar-refractivity contribution is 0.323. The highest BCUT2D eigenvalue weighted by molar-refractivity contribution is 7.89. The number of hydrogen-bond donors (Lipinski definition) is 1. The van der Waals surface area contributed by atoms with Gasteiger partial charge in [-0.1, -0.05) is 36.2 Å².